The van der Waals surface area contributed by atoms with Crippen LogP contribution in [-0.2, 0) is 5.75 Å². The number of thioether (sulfide) groups is 1. The summed E-state index contributed by atoms with van der Waals surface area (Å²) in [6, 6.07) is 7.38. The standard InChI is InChI=1S/C18H18F2N4OS/c19-17(20)23-10-9-21-15(23)11-26-18-22-14-8-4-3-7-13(14)16(25)24(18)12-5-1-2-6-12/h3-4,7-10,12,17H,1-2,5-6,11H2. The lowest BCUT2D eigenvalue weighted by Crippen LogP contribution is -2.26. The van der Waals surface area contributed by atoms with Crippen LogP contribution >= 0.6 is 11.8 Å². The van der Waals surface area contributed by atoms with Crippen molar-refractivity contribution in [2.45, 2.75) is 49.2 Å². The molecule has 1 aliphatic carbocycles. The van der Waals surface area contributed by atoms with E-state index in [1.165, 1.54) is 24.2 Å². The summed E-state index contributed by atoms with van der Waals surface area (Å²) >= 11 is 1.29. The summed E-state index contributed by atoms with van der Waals surface area (Å²) in [5.74, 6) is 0.500. The molecule has 0 aliphatic heterocycles. The lowest BCUT2D eigenvalue weighted by molar-refractivity contribution is 0.0678. The summed E-state index contributed by atoms with van der Waals surface area (Å²) in [5, 5.41) is 1.17. The van der Waals surface area contributed by atoms with E-state index in [-0.39, 0.29) is 23.2 Å². The van der Waals surface area contributed by atoms with Gasteiger partial charge in [-0.3, -0.25) is 13.9 Å². The monoisotopic (exact) mass is 376 g/mol. The maximum atomic E-state index is 13.0. The highest BCUT2D eigenvalue weighted by molar-refractivity contribution is 7.98. The second kappa shape index (κ2) is 7.19. The molecule has 1 saturated carbocycles. The molecule has 0 N–H and O–H groups in total. The van der Waals surface area contributed by atoms with Crippen LogP contribution in [0.25, 0.3) is 10.9 Å². The van der Waals surface area contributed by atoms with Crippen molar-refractivity contribution >= 4 is 22.7 Å². The third-order valence-electron chi connectivity index (χ3n) is 4.75. The first-order chi connectivity index (χ1) is 12.6. The summed E-state index contributed by atoms with van der Waals surface area (Å²) in [7, 11) is 0. The number of nitrogens with zero attached hydrogens (tertiary/aromatic N) is 4. The average Bonchev–Trinajstić information content (AvgIpc) is 3.32. The number of hydrogen-bond donors (Lipinski definition) is 0. The Labute approximate surface area is 153 Å². The summed E-state index contributed by atoms with van der Waals surface area (Å²) in [4.78, 5) is 21.7. The molecule has 2 heterocycles. The van der Waals surface area contributed by atoms with E-state index in [1.807, 2.05) is 12.1 Å². The van der Waals surface area contributed by atoms with Gasteiger partial charge in [0.25, 0.3) is 5.56 Å². The third kappa shape index (κ3) is 3.13. The summed E-state index contributed by atoms with van der Waals surface area (Å²) < 4.78 is 28.7. The smallest absolute Gasteiger partial charge is 0.284 e. The molecular weight excluding hydrogens is 358 g/mol. The topological polar surface area (TPSA) is 52.7 Å². The fraction of sp³-hybridized carbons (Fsp3) is 0.389. The fourth-order valence-corrected chi connectivity index (χ4v) is 4.49. The highest BCUT2D eigenvalue weighted by Crippen LogP contribution is 2.33. The van der Waals surface area contributed by atoms with Gasteiger partial charge < -0.3 is 0 Å². The minimum Gasteiger partial charge on any atom is -0.284 e. The Balaban J connectivity index is 1.74. The molecule has 0 radical (unpaired) electrons. The van der Waals surface area contributed by atoms with E-state index >= 15 is 0 Å². The van der Waals surface area contributed by atoms with Gasteiger partial charge in [-0.05, 0) is 25.0 Å². The van der Waals surface area contributed by atoms with Crippen molar-refractivity contribution in [2.24, 2.45) is 0 Å². The van der Waals surface area contributed by atoms with Crippen LogP contribution in [0.1, 0.15) is 44.1 Å². The molecule has 3 aromatic rings. The molecule has 8 heteroatoms. The van der Waals surface area contributed by atoms with E-state index in [4.69, 9.17) is 0 Å². The van der Waals surface area contributed by atoms with Gasteiger partial charge in [-0.25, -0.2) is 9.97 Å². The van der Waals surface area contributed by atoms with Gasteiger partial charge in [0.2, 0.25) is 0 Å². The zero-order valence-electron chi connectivity index (χ0n) is 14.0. The summed E-state index contributed by atoms with van der Waals surface area (Å²) in [6.45, 7) is -2.63. The Morgan fingerprint density at radius 3 is 2.77 bits per heavy atom. The molecular formula is C18H18F2N4OS. The van der Waals surface area contributed by atoms with E-state index in [0.29, 0.717) is 16.1 Å². The van der Waals surface area contributed by atoms with Gasteiger partial charge in [0.15, 0.2) is 5.16 Å². The number of halogens is 2. The molecule has 1 aromatic carbocycles. The number of rotatable bonds is 5. The molecule has 5 nitrogen and oxygen atoms in total. The Morgan fingerprint density at radius 1 is 1.23 bits per heavy atom. The molecule has 0 saturated heterocycles. The van der Waals surface area contributed by atoms with Gasteiger partial charge in [-0.1, -0.05) is 36.7 Å². The van der Waals surface area contributed by atoms with Crippen LogP contribution in [-0.4, -0.2) is 19.1 Å². The number of imidazole rings is 1. The van der Waals surface area contributed by atoms with Crippen LogP contribution in [0, 0.1) is 0 Å². The number of aromatic nitrogens is 4. The minimum absolute atomic E-state index is 0.0535. The first-order valence-corrected chi connectivity index (χ1v) is 9.57. The van der Waals surface area contributed by atoms with Crippen molar-refractivity contribution in [3.05, 3.63) is 52.8 Å². The molecule has 1 fully saturated rings. The third-order valence-corrected chi connectivity index (χ3v) is 5.70. The molecule has 0 atom stereocenters. The van der Waals surface area contributed by atoms with Crippen LogP contribution in [0.3, 0.4) is 0 Å². The van der Waals surface area contributed by atoms with Crippen molar-refractivity contribution in [1.82, 2.24) is 19.1 Å². The van der Waals surface area contributed by atoms with E-state index in [2.05, 4.69) is 9.97 Å². The van der Waals surface area contributed by atoms with Crippen molar-refractivity contribution in [1.29, 1.82) is 0 Å². The van der Waals surface area contributed by atoms with Gasteiger partial charge in [-0.15, -0.1) is 0 Å². The van der Waals surface area contributed by atoms with Gasteiger partial charge in [-0.2, -0.15) is 8.78 Å². The lowest BCUT2D eigenvalue weighted by Gasteiger charge is -2.18. The molecule has 26 heavy (non-hydrogen) atoms. The van der Waals surface area contributed by atoms with E-state index in [1.54, 1.807) is 16.7 Å². The van der Waals surface area contributed by atoms with Crippen LogP contribution < -0.4 is 5.56 Å². The SMILES string of the molecule is O=c1c2ccccc2nc(SCc2nccn2C(F)F)n1C1CCCC1. The molecule has 0 bridgehead atoms. The van der Waals surface area contributed by atoms with Gasteiger partial charge in [0.1, 0.15) is 5.82 Å². The van der Waals surface area contributed by atoms with Crippen molar-refractivity contribution in [2.75, 3.05) is 0 Å². The van der Waals surface area contributed by atoms with Gasteiger partial charge in [0, 0.05) is 18.4 Å². The second-order valence-corrected chi connectivity index (χ2v) is 7.28. The Hall–Kier alpha value is -2.22. The van der Waals surface area contributed by atoms with Gasteiger partial charge in [0.05, 0.1) is 16.7 Å². The van der Waals surface area contributed by atoms with Crippen molar-refractivity contribution in [3.8, 4) is 0 Å². The van der Waals surface area contributed by atoms with Crippen LogP contribution in [0.15, 0.2) is 46.6 Å². The summed E-state index contributed by atoms with van der Waals surface area (Å²) in [6.07, 6.45) is 6.68. The first kappa shape index (κ1) is 17.2. The zero-order chi connectivity index (χ0) is 18.1. The normalized spacial score (nSPS) is 15.3. The quantitative estimate of drug-likeness (QED) is 0.489. The first-order valence-electron chi connectivity index (χ1n) is 8.59. The van der Waals surface area contributed by atoms with Crippen LogP contribution in [0.4, 0.5) is 8.78 Å². The summed E-state index contributed by atoms with van der Waals surface area (Å²) in [5.41, 5.74) is 0.577. The minimum atomic E-state index is -2.63. The van der Waals surface area contributed by atoms with Gasteiger partial charge >= 0.3 is 6.55 Å². The molecule has 1 aliphatic rings. The number of fused-ring (bicyclic) bond motifs is 1. The van der Waals surface area contributed by atoms with Crippen molar-refractivity contribution < 1.29 is 8.78 Å². The van der Waals surface area contributed by atoms with Crippen molar-refractivity contribution in [3.63, 3.8) is 0 Å². The predicted octanol–water partition coefficient (Wildman–Crippen LogP) is 4.40. The highest BCUT2D eigenvalue weighted by Gasteiger charge is 2.23. The van der Waals surface area contributed by atoms with E-state index in [0.717, 1.165) is 30.3 Å². The largest absolute Gasteiger partial charge is 0.319 e. The Bertz CT molecular complexity index is 979. The lowest BCUT2D eigenvalue weighted by atomic mass is 10.2. The molecule has 136 valence electrons. The zero-order valence-corrected chi connectivity index (χ0v) is 14.8. The highest BCUT2D eigenvalue weighted by atomic mass is 32.2. The maximum Gasteiger partial charge on any atom is 0.319 e. The fourth-order valence-electron chi connectivity index (χ4n) is 3.47. The molecule has 2 aromatic heterocycles. The maximum absolute atomic E-state index is 13.0. The molecule has 4 rings (SSSR count). The predicted molar refractivity (Wildman–Crippen MR) is 96.5 cm³/mol. The van der Waals surface area contributed by atoms with Crippen LogP contribution in [0.5, 0.6) is 0 Å². The molecule has 0 amide bonds. The van der Waals surface area contributed by atoms with E-state index < -0.39 is 6.55 Å². The number of hydrogen-bond acceptors (Lipinski definition) is 4. The second-order valence-electron chi connectivity index (χ2n) is 6.34. The Kier molecular flexibility index (Phi) is 4.76. The van der Waals surface area contributed by atoms with E-state index in [9.17, 15) is 13.6 Å². The number of para-hydroxylation sites is 1. The molecule has 0 unspecified atom stereocenters. The molecule has 0 spiro atoms. The number of benzene rings is 1. The Morgan fingerprint density at radius 2 is 2.00 bits per heavy atom. The van der Waals surface area contributed by atoms with Crippen LogP contribution in [0.2, 0.25) is 0 Å². The number of alkyl halides is 2. The average molecular weight is 376 g/mol.